The topological polar surface area (TPSA) is 42.0 Å². The number of hydrogen-bond acceptors (Lipinski definition) is 4. The lowest BCUT2D eigenvalue weighted by Crippen LogP contribution is -2.13. The van der Waals surface area contributed by atoms with Crippen molar-refractivity contribution in [1.82, 2.24) is 4.98 Å². The molecule has 0 aliphatic rings. The highest BCUT2D eigenvalue weighted by molar-refractivity contribution is 8.01. The molecule has 122 valence electrons. The fourth-order valence-corrected chi connectivity index (χ4v) is 3.78. The van der Waals surface area contributed by atoms with Gasteiger partial charge in [-0.3, -0.25) is 4.79 Å². The van der Waals surface area contributed by atoms with Crippen LogP contribution in [-0.4, -0.2) is 16.6 Å². The van der Waals surface area contributed by atoms with E-state index in [4.69, 9.17) is 0 Å². The van der Waals surface area contributed by atoms with Gasteiger partial charge in [0.05, 0.1) is 11.4 Å². The fraction of sp³-hybridized carbons (Fsp3) is 0.158. The maximum Gasteiger partial charge on any atom is 0.234 e. The number of amides is 1. The molecule has 3 nitrogen and oxygen atoms in total. The van der Waals surface area contributed by atoms with Crippen molar-refractivity contribution in [1.29, 1.82) is 0 Å². The molecule has 3 rings (SSSR count). The molecule has 0 fully saturated rings. The quantitative estimate of drug-likeness (QED) is 0.644. The number of benzene rings is 2. The summed E-state index contributed by atoms with van der Waals surface area (Å²) < 4.78 is 0.907. The third-order valence-electron chi connectivity index (χ3n) is 3.49. The average Bonchev–Trinajstić information content (AvgIpc) is 3.05. The number of aryl methyl sites for hydroxylation is 2. The summed E-state index contributed by atoms with van der Waals surface area (Å²) in [6, 6.07) is 16.1. The van der Waals surface area contributed by atoms with E-state index in [0.29, 0.717) is 5.75 Å². The SMILES string of the molecule is Cc1ccc(NC(=O)CSc2nc(-c3ccc(C)cc3)cs2)cc1. The molecule has 3 aromatic rings. The van der Waals surface area contributed by atoms with Gasteiger partial charge in [0.15, 0.2) is 4.34 Å². The van der Waals surface area contributed by atoms with E-state index in [1.54, 1.807) is 11.3 Å². The summed E-state index contributed by atoms with van der Waals surface area (Å²) >= 11 is 3.04. The molecule has 1 heterocycles. The predicted octanol–water partition coefficient (Wildman–Crippen LogP) is 5.16. The normalized spacial score (nSPS) is 10.6. The van der Waals surface area contributed by atoms with E-state index in [0.717, 1.165) is 21.3 Å². The number of carbonyl (C=O) groups is 1. The average molecular weight is 354 g/mol. The van der Waals surface area contributed by atoms with E-state index in [2.05, 4.69) is 41.5 Å². The van der Waals surface area contributed by atoms with Gasteiger partial charge in [-0.2, -0.15) is 0 Å². The molecule has 0 radical (unpaired) electrons. The van der Waals surface area contributed by atoms with Crippen molar-refractivity contribution in [2.45, 2.75) is 18.2 Å². The molecule has 1 amide bonds. The van der Waals surface area contributed by atoms with E-state index >= 15 is 0 Å². The number of carbonyl (C=O) groups excluding carboxylic acids is 1. The van der Waals surface area contributed by atoms with E-state index in [-0.39, 0.29) is 5.91 Å². The van der Waals surface area contributed by atoms with Crippen LogP contribution in [0.5, 0.6) is 0 Å². The number of nitrogens with zero attached hydrogens (tertiary/aromatic N) is 1. The summed E-state index contributed by atoms with van der Waals surface area (Å²) in [5.41, 5.74) is 5.30. The second kappa shape index (κ2) is 7.64. The van der Waals surface area contributed by atoms with Crippen molar-refractivity contribution in [3.63, 3.8) is 0 Å². The fourth-order valence-electron chi connectivity index (χ4n) is 2.14. The van der Waals surface area contributed by atoms with Crippen LogP contribution in [0, 0.1) is 13.8 Å². The third kappa shape index (κ3) is 4.46. The lowest BCUT2D eigenvalue weighted by Gasteiger charge is -2.04. The van der Waals surface area contributed by atoms with Gasteiger partial charge in [0.25, 0.3) is 0 Å². The Bertz CT molecular complexity index is 823. The summed E-state index contributed by atoms with van der Waals surface area (Å²) in [6.07, 6.45) is 0. The molecule has 2 aromatic carbocycles. The monoisotopic (exact) mass is 354 g/mol. The summed E-state index contributed by atoms with van der Waals surface area (Å²) in [6.45, 7) is 4.09. The first kappa shape index (κ1) is 16.7. The Kier molecular flexibility index (Phi) is 5.33. The molecule has 0 saturated heterocycles. The minimum atomic E-state index is -0.0176. The van der Waals surface area contributed by atoms with Gasteiger partial charge < -0.3 is 5.32 Å². The molecule has 0 bridgehead atoms. The molecular weight excluding hydrogens is 336 g/mol. The third-order valence-corrected chi connectivity index (χ3v) is 5.51. The number of thiazole rings is 1. The van der Waals surface area contributed by atoms with Crippen molar-refractivity contribution in [2.24, 2.45) is 0 Å². The summed E-state index contributed by atoms with van der Waals surface area (Å²) in [4.78, 5) is 16.6. The van der Waals surface area contributed by atoms with E-state index < -0.39 is 0 Å². The first-order valence-corrected chi connectivity index (χ1v) is 9.48. The minimum Gasteiger partial charge on any atom is -0.325 e. The van der Waals surface area contributed by atoms with Gasteiger partial charge >= 0.3 is 0 Å². The lowest BCUT2D eigenvalue weighted by molar-refractivity contribution is -0.113. The maximum atomic E-state index is 12.0. The highest BCUT2D eigenvalue weighted by Crippen LogP contribution is 2.28. The van der Waals surface area contributed by atoms with Gasteiger partial charge in [-0.25, -0.2) is 4.98 Å². The molecule has 24 heavy (non-hydrogen) atoms. The zero-order valence-corrected chi connectivity index (χ0v) is 15.2. The molecule has 0 aliphatic heterocycles. The van der Waals surface area contributed by atoms with Crippen LogP contribution in [-0.2, 0) is 4.79 Å². The van der Waals surface area contributed by atoms with Crippen LogP contribution in [0.15, 0.2) is 58.3 Å². The molecule has 0 aliphatic carbocycles. The van der Waals surface area contributed by atoms with Crippen LogP contribution >= 0.6 is 23.1 Å². The first-order chi connectivity index (χ1) is 11.6. The second-order valence-corrected chi connectivity index (χ2v) is 7.65. The number of anilines is 1. The van der Waals surface area contributed by atoms with Gasteiger partial charge in [-0.15, -0.1) is 11.3 Å². The smallest absolute Gasteiger partial charge is 0.234 e. The van der Waals surface area contributed by atoms with Crippen LogP contribution in [0.2, 0.25) is 0 Å². The highest BCUT2D eigenvalue weighted by Gasteiger charge is 2.08. The zero-order valence-electron chi connectivity index (χ0n) is 13.6. The molecule has 1 N–H and O–H groups in total. The minimum absolute atomic E-state index is 0.0176. The number of nitrogens with one attached hydrogen (secondary N) is 1. The van der Waals surface area contributed by atoms with Gasteiger partial charge in [-0.05, 0) is 26.0 Å². The molecule has 5 heteroatoms. The van der Waals surface area contributed by atoms with E-state index in [1.165, 1.54) is 22.9 Å². The van der Waals surface area contributed by atoms with Crippen molar-refractivity contribution in [2.75, 3.05) is 11.1 Å². The van der Waals surface area contributed by atoms with Crippen molar-refractivity contribution in [3.05, 3.63) is 65.0 Å². The van der Waals surface area contributed by atoms with Crippen molar-refractivity contribution >= 4 is 34.7 Å². The zero-order chi connectivity index (χ0) is 16.9. The van der Waals surface area contributed by atoms with Gasteiger partial charge in [0.1, 0.15) is 0 Å². The van der Waals surface area contributed by atoms with Crippen LogP contribution in [0.3, 0.4) is 0 Å². The molecule has 1 aromatic heterocycles. The predicted molar refractivity (Wildman–Crippen MR) is 103 cm³/mol. The number of hydrogen-bond donors (Lipinski definition) is 1. The molecule has 0 atom stereocenters. The van der Waals surface area contributed by atoms with Crippen molar-refractivity contribution < 1.29 is 4.79 Å². The molecule has 0 spiro atoms. The number of aromatic nitrogens is 1. The Morgan fingerprint density at radius 2 is 1.67 bits per heavy atom. The Labute approximate surface area is 150 Å². The maximum absolute atomic E-state index is 12.0. The molecule has 0 unspecified atom stereocenters. The van der Waals surface area contributed by atoms with Gasteiger partial charge in [0.2, 0.25) is 5.91 Å². The lowest BCUT2D eigenvalue weighted by atomic mass is 10.1. The summed E-state index contributed by atoms with van der Waals surface area (Å²) in [7, 11) is 0. The Morgan fingerprint density at radius 1 is 1.04 bits per heavy atom. The molecule has 0 saturated carbocycles. The largest absolute Gasteiger partial charge is 0.325 e. The van der Waals surface area contributed by atoms with Crippen LogP contribution < -0.4 is 5.32 Å². The Balaban J connectivity index is 1.56. The summed E-state index contributed by atoms with van der Waals surface area (Å²) in [5.74, 6) is 0.338. The summed E-state index contributed by atoms with van der Waals surface area (Å²) in [5, 5.41) is 4.93. The van der Waals surface area contributed by atoms with Crippen LogP contribution in [0.1, 0.15) is 11.1 Å². The van der Waals surface area contributed by atoms with E-state index in [1.807, 2.05) is 36.6 Å². The van der Waals surface area contributed by atoms with Crippen LogP contribution in [0.25, 0.3) is 11.3 Å². The Morgan fingerprint density at radius 3 is 2.33 bits per heavy atom. The number of thioether (sulfide) groups is 1. The van der Waals surface area contributed by atoms with Gasteiger partial charge in [-0.1, -0.05) is 59.3 Å². The molecular formula is C19H18N2OS2. The van der Waals surface area contributed by atoms with E-state index in [9.17, 15) is 4.79 Å². The van der Waals surface area contributed by atoms with Gasteiger partial charge in [0, 0.05) is 16.6 Å². The Hall–Kier alpha value is -2.11. The highest BCUT2D eigenvalue weighted by atomic mass is 32.2. The standard InChI is InChI=1S/C19H18N2OS2/c1-13-3-7-15(8-4-13)17-11-23-19(21-17)24-12-18(22)20-16-9-5-14(2)6-10-16/h3-11H,12H2,1-2H3,(H,20,22). The van der Waals surface area contributed by atoms with Crippen LogP contribution in [0.4, 0.5) is 5.69 Å². The van der Waals surface area contributed by atoms with Crippen molar-refractivity contribution in [3.8, 4) is 11.3 Å². The first-order valence-electron chi connectivity index (χ1n) is 7.62. The second-order valence-electron chi connectivity index (χ2n) is 5.57. The number of rotatable bonds is 5.